The molecule has 1 aliphatic carbocycles. The van der Waals surface area contributed by atoms with E-state index in [4.69, 9.17) is 9.47 Å². The highest BCUT2D eigenvalue weighted by molar-refractivity contribution is 5.98. The second-order valence-electron chi connectivity index (χ2n) is 9.93. The number of methoxy groups -OCH3 is 2. The third-order valence-corrected chi connectivity index (χ3v) is 7.32. The number of ether oxygens (including phenoxy) is 2. The number of nitrogens with one attached hydrogen (secondary N) is 1. The van der Waals surface area contributed by atoms with Gasteiger partial charge in [-0.25, -0.2) is 9.07 Å². The van der Waals surface area contributed by atoms with E-state index in [1.165, 1.54) is 23.9 Å². The largest absolute Gasteiger partial charge is 0.497 e. The standard InChI is InChI=1S/C31H32FN5O4/c1-40-24-16-17-26(28(18-24)41-2)33-31(39)30(22-8-4-3-5-9-22)36(19-21-12-14-23(32)15-13-21)29(38)20-37-27-11-7-6-10-25(27)34-35-37/h3-4,6-7,10-18,22,30H,5,8-9,19-20H2,1-2H3,(H,33,39). The summed E-state index contributed by atoms with van der Waals surface area (Å²) < 4.78 is 26.1. The maximum Gasteiger partial charge on any atom is 0.247 e. The van der Waals surface area contributed by atoms with Crippen molar-refractivity contribution in [2.75, 3.05) is 19.5 Å². The topological polar surface area (TPSA) is 98.6 Å². The Labute approximate surface area is 237 Å². The Bertz CT molecular complexity index is 1550. The second-order valence-corrected chi connectivity index (χ2v) is 9.93. The Balaban J connectivity index is 1.51. The van der Waals surface area contributed by atoms with Crippen molar-refractivity contribution >= 4 is 28.5 Å². The molecule has 0 fully saturated rings. The molecule has 1 N–H and O–H groups in total. The van der Waals surface area contributed by atoms with Gasteiger partial charge in [0.2, 0.25) is 11.8 Å². The number of rotatable bonds is 10. The minimum atomic E-state index is -0.820. The first-order valence-corrected chi connectivity index (χ1v) is 13.5. The Morgan fingerprint density at radius 3 is 2.61 bits per heavy atom. The van der Waals surface area contributed by atoms with E-state index in [0.29, 0.717) is 40.2 Å². The molecule has 2 unspecified atom stereocenters. The molecule has 3 aromatic carbocycles. The fourth-order valence-corrected chi connectivity index (χ4v) is 5.20. The summed E-state index contributed by atoms with van der Waals surface area (Å²) in [6.45, 7) is 0.00367. The maximum atomic E-state index is 14.1. The second kappa shape index (κ2) is 12.6. The predicted molar refractivity (Wildman–Crippen MR) is 153 cm³/mol. The van der Waals surface area contributed by atoms with E-state index in [0.717, 1.165) is 12.8 Å². The number of aromatic nitrogens is 3. The number of para-hydroxylation sites is 1. The maximum absolute atomic E-state index is 14.1. The fourth-order valence-electron chi connectivity index (χ4n) is 5.20. The molecule has 1 aromatic heterocycles. The number of allylic oxidation sites excluding steroid dienone is 2. The quantitative estimate of drug-likeness (QED) is 0.276. The van der Waals surface area contributed by atoms with Crippen LogP contribution < -0.4 is 14.8 Å². The highest BCUT2D eigenvalue weighted by atomic mass is 19.1. The molecule has 212 valence electrons. The number of fused-ring (bicyclic) bond motifs is 1. The molecular weight excluding hydrogens is 525 g/mol. The molecule has 1 heterocycles. The zero-order chi connectivity index (χ0) is 28.8. The lowest BCUT2D eigenvalue weighted by atomic mass is 9.85. The zero-order valence-electron chi connectivity index (χ0n) is 23.0. The molecule has 10 heteroatoms. The number of nitrogens with zero attached hydrogens (tertiary/aromatic N) is 4. The summed E-state index contributed by atoms with van der Waals surface area (Å²) in [6.07, 6.45) is 6.30. The van der Waals surface area contributed by atoms with Crippen LogP contribution in [0.15, 0.2) is 78.9 Å². The van der Waals surface area contributed by atoms with Crippen molar-refractivity contribution in [1.82, 2.24) is 19.9 Å². The number of hydrogen-bond donors (Lipinski definition) is 1. The molecule has 2 amide bonds. The van der Waals surface area contributed by atoms with Crippen LogP contribution in [0.25, 0.3) is 11.0 Å². The average molecular weight is 558 g/mol. The normalized spacial score (nSPS) is 15.3. The van der Waals surface area contributed by atoms with E-state index in [2.05, 4.69) is 21.7 Å². The van der Waals surface area contributed by atoms with E-state index in [1.54, 1.807) is 42.3 Å². The van der Waals surface area contributed by atoms with Gasteiger partial charge in [-0.2, -0.15) is 0 Å². The molecule has 0 bridgehead atoms. The molecule has 5 rings (SSSR count). The number of carbonyl (C=O) groups is 2. The summed E-state index contributed by atoms with van der Waals surface area (Å²) in [5.74, 6) is -0.137. The van der Waals surface area contributed by atoms with Gasteiger partial charge in [-0.05, 0) is 67.1 Å². The van der Waals surface area contributed by atoms with Crippen molar-refractivity contribution in [2.45, 2.75) is 38.4 Å². The number of amides is 2. The number of anilines is 1. The minimum Gasteiger partial charge on any atom is -0.497 e. The van der Waals surface area contributed by atoms with Crippen molar-refractivity contribution in [3.05, 3.63) is 90.3 Å². The first-order valence-electron chi connectivity index (χ1n) is 13.5. The zero-order valence-corrected chi connectivity index (χ0v) is 23.0. The number of benzene rings is 3. The molecule has 0 saturated heterocycles. The molecule has 1 aliphatic rings. The van der Waals surface area contributed by atoms with Gasteiger partial charge in [0.1, 0.15) is 35.4 Å². The smallest absolute Gasteiger partial charge is 0.247 e. The highest BCUT2D eigenvalue weighted by Gasteiger charge is 2.37. The molecule has 9 nitrogen and oxygen atoms in total. The monoisotopic (exact) mass is 557 g/mol. The van der Waals surface area contributed by atoms with Gasteiger partial charge < -0.3 is 19.7 Å². The molecule has 41 heavy (non-hydrogen) atoms. The van der Waals surface area contributed by atoms with Crippen LogP contribution in [0.1, 0.15) is 24.8 Å². The van der Waals surface area contributed by atoms with Gasteiger partial charge >= 0.3 is 0 Å². The first kappa shape index (κ1) is 27.8. The number of halogens is 1. The van der Waals surface area contributed by atoms with Crippen LogP contribution in [0, 0.1) is 11.7 Å². The average Bonchev–Trinajstić information content (AvgIpc) is 3.41. The van der Waals surface area contributed by atoms with Crippen LogP contribution in [0.2, 0.25) is 0 Å². The fraction of sp³-hybridized carbons (Fsp3) is 0.290. The van der Waals surface area contributed by atoms with Crippen LogP contribution >= 0.6 is 0 Å². The summed E-state index contributed by atoms with van der Waals surface area (Å²) in [5.41, 5.74) is 2.55. The predicted octanol–water partition coefficient (Wildman–Crippen LogP) is 4.98. The summed E-state index contributed by atoms with van der Waals surface area (Å²) in [4.78, 5) is 29.8. The summed E-state index contributed by atoms with van der Waals surface area (Å²) in [6, 6.07) is 17.6. The Kier molecular flexibility index (Phi) is 8.57. The van der Waals surface area contributed by atoms with E-state index in [9.17, 15) is 14.0 Å². The van der Waals surface area contributed by atoms with E-state index >= 15 is 0 Å². The SMILES string of the molecule is COc1ccc(NC(=O)C(C2CC=CCC2)N(Cc2ccc(F)cc2)C(=O)Cn2nnc3ccccc32)c(OC)c1. The van der Waals surface area contributed by atoms with Crippen LogP contribution in [0.4, 0.5) is 10.1 Å². The summed E-state index contributed by atoms with van der Waals surface area (Å²) in [5, 5.41) is 11.4. The summed E-state index contributed by atoms with van der Waals surface area (Å²) >= 11 is 0. The van der Waals surface area contributed by atoms with E-state index in [1.807, 2.05) is 30.3 Å². The van der Waals surface area contributed by atoms with Crippen LogP contribution in [0.3, 0.4) is 0 Å². The summed E-state index contributed by atoms with van der Waals surface area (Å²) in [7, 11) is 3.07. The Morgan fingerprint density at radius 2 is 1.88 bits per heavy atom. The minimum absolute atomic E-state index is 0.111. The lowest BCUT2D eigenvalue weighted by Crippen LogP contribution is -2.52. The van der Waals surface area contributed by atoms with Gasteiger partial charge in [0, 0.05) is 12.6 Å². The Hall–Kier alpha value is -4.73. The Morgan fingerprint density at radius 1 is 1.07 bits per heavy atom. The van der Waals surface area contributed by atoms with Gasteiger partial charge in [0.05, 0.1) is 25.4 Å². The highest BCUT2D eigenvalue weighted by Crippen LogP contribution is 2.32. The van der Waals surface area contributed by atoms with Crippen LogP contribution in [0.5, 0.6) is 11.5 Å². The lowest BCUT2D eigenvalue weighted by Gasteiger charge is -2.37. The molecule has 0 saturated carbocycles. The van der Waals surface area contributed by atoms with Gasteiger partial charge in [0.25, 0.3) is 0 Å². The van der Waals surface area contributed by atoms with E-state index < -0.39 is 6.04 Å². The molecule has 0 aliphatic heterocycles. The molecule has 0 radical (unpaired) electrons. The van der Waals surface area contributed by atoms with Crippen molar-refractivity contribution < 1.29 is 23.5 Å². The van der Waals surface area contributed by atoms with Crippen LogP contribution in [-0.2, 0) is 22.7 Å². The molecule has 0 spiro atoms. The van der Waals surface area contributed by atoms with Gasteiger partial charge in [-0.15, -0.1) is 5.10 Å². The van der Waals surface area contributed by atoms with Gasteiger partial charge in [-0.3, -0.25) is 9.59 Å². The molecule has 4 aromatic rings. The van der Waals surface area contributed by atoms with E-state index in [-0.39, 0.29) is 36.6 Å². The lowest BCUT2D eigenvalue weighted by molar-refractivity contribution is -0.142. The van der Waals surface area contributed by atoms with Crippen molar-refractivity contribution in [2.24, 2.45) is 5.92 Å². The van der Waals surface area contributed by atoms with Crippen molar-refractivity contribution in [3.8, 4) is 11.5 Å². The van der Waals surface area contributed by atoms with Crippen molar-refractivity contribution in [1.29, 1.82) is 0 Å². The van der Waals surface area contributed by atoms with Gasteiger partial charge in [-0.1, -0.05) is 41.6 Å². The third-order valence-electron chi connectivity index (χ3n) is 7.32. The first-order chi connectivity index (χ1) is 20.0. The molecular formula is C31H32FN5O4. The third kappa shape index (κ3) is 6.37. The van der Waals surface area contributed by atoms with Crippen molar-refractivity contribution in [3.63, 3.8) is 0 Å². The van der Waals surface area contributed by atoms with Crippen LogP contribution in [-0.4, -0.2) is 52.0 Å². The van der Waals surface area contributed by atoms with Gasteiger partial charge in [0.15, 0.2) is 0 Å². The number of carbonyl (C=O) groups excluding carboxylic acids is 2. The molecule has 2 atom stereocenters. The number of hydrogen-bond acceptors (Lipinski definition) is 6.